The summed E-state index contributed by atoms with van der Waals surface area (Å²) in [4.78, 5) is 16.7. The minimum atomic E-state index is -3.91. The van der Waals surface area contributed by atoms with Crippen molar-refractivity contribution in [3.8, 4) is 0 Å². The second-order valence-electron chi connectivity index (χ2n) is 5.06. The number of hydroxylamine groups is 1. The summed E-state index contributed by atoms with van der Waals surface area (Å²) in [7, 11) is -1.42. The lowest BCUT2D eigenvalue weighted by Crippen LogP contribution is -2.27. The van der Waals surface area contributed by atoms with Crippen LogP contribution >= 0.6 is 11.6 Å². The third-order valence-corrected chi connectivity index (χ3v) is 5.54. The molecule has 0 heterocycles. The molecule has 1 rings (SSSR count). The first-order valence-electron chi connectivity index (χ1n) is 7.45. The van der Waals surface area contributed by atoms with Gasteiger partial charge in [0.05, 0.1) is 12.1 Å². The number of nitrogens with zero attached hydrogens (tertiary/aromatic N) is 1. The molecule has 0 aliphatic heterocycles. The van der Waals surface area contributed by atoms with Gasteiger partial charge in [0, 0.05) is 19.2 Å². The van der Waals surface area contributed by atoms with Crippen LogP contribution in [0.4, 0.5) is 0 Å². The number of nitrogens with one attached hydrogen (secondary N) is 1. The van der Waals surface area contributed by atoms with E-state index < -0.39 is 10.0 Å². The van der Waals surface area contributed by atoms with Gasteiger partial charge in [-0.25, -0.2) is 8.42 Å². The standard InChI is InChI=1S/C15H23ClN2O4S/c1-4-5-6-7-10-17-15(19)12-8-9-13(16)14(11-12)23(20,21)18(2)22-3/h8-9,11H,4-7,10H2,1-3H3,(H,17,19). The summed E-state index contributed by atoms with van der Waals surface area (Å²) in [5, 5.41) is 2.81. The highest BCUT2D eigenvalue weighted by Crippen LogP contribution is 2.25. The van der Waals surface area contributed by atoms with Gasteiger partial charge in [0.15, 0.2) is 0 Å². The summed E-state index contributed by atoms with van der Waals surface area (Å²) >= 11 is 5.95. The molecule has 0 aromatic heterocycles. The minimum Gasteiger partial charge on any atom is -0.352 e. The Balaban J connectivity index is 2.87. The number of hydrogen-bond acceptors (Lipinski definition) is 4. The highest BCUT2D eigenvalue weighted by atomic mass is 35.5. The average Bonchev–Trinajstić information content (AvgIpc) is 2.53. The summed E-state index contributed by atoms with van der Waals surface area (Å²) in [5.74, 6) is -0.324. The van der Waals surface area contributed by atoms with Crippen LogP contribution in [0.1, 0.15) is 43.0 Å². The van der Waals surface area contributed by atoms with Crippen LogP contribution in [-0.2, 0) is 14.9 Å². The van der Waals surface area contributed by atoms with Crippen LogP contribution in [0, 0.1) is 0 Å². The highest BCUT2D eigenvalue weighted by Gasteiger charge is 2.25. The number of hydrogen-bond donors (Lipinski definition) is 1. The van der Waals surface area contributed by atoms with Crippen molar-refractivity contribution in [1.82, 2.24) is 9.79 Å². The van der Waals surface area contributed by atoms with Gasteiger partial charge in [-0.15, -0.1) is 0 Å². The van der Waals surface area contributed by atoms with E-state index >= 15 is 0 Å². The van der Waals surface area contributed by atoms with Gasteiger partial charge in [-0.05, 0) is 24.6 Å². The van der Waals surface area contributed by atoms with Crippen molar-refractivity contribution in [2.45, 2.75) is 37.5 Å². The quantitative estimate of drug-likeness (QED) is 0.541. The van der Waals surface area contributed by atoms with Crippen LogP contribution in [0.25, 0.3) is 0 Å². The number of carbonyl (C=O) groups is 1. The molecule has 1 amide bonds. The topological polar surface area (TPSA) is 75.7 Å². The molecular weight excluding hydrogens is 340 g/mol. The molecule has 23 heavy (non-hydrogen) atoms. The van der Waals surface area contributed by atoms with Gasteiger partial charge < -0.3 is 5.32 Å². The van der Waals surface area contributed by atoms with Crippen molar-refractivity contribution in [1.29, 1.82) is 0 Å². The molecule has 0 bridgehead atoms. The highest BCUT2D eigenvalue weighted by molar-refractivity contribution is 7.89. The van der Waals surface area contributed by atoms with Gasteiger partial charge >= 0.3 is 0 Å². The number of carbonyl (C=O) groups excluding carboxylic acids is 1. The Hall–Kier alpha value is -1.15. The molecule has 0 fully saturated rings. The van der Waals surface area contributed by atoms with Crippen LogP contribution in [0.5, 0.6) is 0 Å². The van der Waals surface area contributed by atoms with Gasteiger partial charge in [0.1, 0.15) is 4.90 Å². The number of sulfonamides is 1. The Kier molecular flexibility index (Phi) is 7.98. The largest absolute Gasteiger partial charge is 0.352 e. The molecule has 0 saturated heterocycles. The maximum Gasteiger partial charge on any atom is 0.266 e. The molecule has 0 aliphatic carbocycles. The van der Waals surface area contributed by atoms with Crippen molar-refractivity contribution < 1.29 is 18.0 Å². The Bertz CT molecular complexity index is 634. The van der Waals surface area contributed by atoms with Crippen molar-refractivity contribution in [3.05, 3.63) is 28.8 Å². The zero-order chi connectivity index (χ0) is 17.5. The molecule has 6 nitrogen and oxygen atoms in total. The van der Waals surface area contributed by atoms with Gasteiger partial charge in [-0.2, -0.15) is 0 Å². The summed E-state index contributed by atoms with van der Waals surface area (Å²) in [6.45, 7) is 2.67. The van der Waals surface area contributed by atoms with Crippen LogP contribution in [0.2, 0.25) is 5.02 Å². The molecular formula is C15H23ClN2O4S. The molecule has 0 radical (unpaired) electrons. The third-order valence-electron chi connectivity index (χ3n) is 3.38. The van der Waals surface area contributed by atoms with Gasteiger partial charge in [0.2, 0.25) is 0 Å². The first kappa shape index (κ1) is 19.9. The monoisotopic (exact) mass is 362 g/mol. The fourth-order valence-electron chi connectivity index (χ4n) is 1.93. The molecule has 0 saturated carbocycles. The minimum absolute atomic E-state index is 0.0356. The van der Waals surface area contributed by atoms with Crippen molar-refractivity contribution in [3.63, 3.8) is 0 Å². The lowest BCUT2D eigenvalue weighted by Gasteiger charge is -2.15. The van der Waals surface area contributed by atoms with E-state index in [1.54, 1.807) is 0 Å². The molecule has 8 heteroatoms. The van der Waals surface area contributed by atoms with E-state index in [-0.39, 0.29) is 21.4 Å². The first-order valence-corrected chi connectivity index (χ1v) is 9.27. The van der Waals surface area contributed by atoms with E-state index in [9.17, 15) is 13.2 Å². The number of benzene rings is 1. The van der Waals surface area contributed by atoms with Gasteiger partial charge in [0.25, 0.3) is 15.9 Å². The number of unbranched alkanes of at least 4 members (excludes halogenated alkanes) is 3. The number of halogens is 1. The first-order chi connectivity index (χ1) is 10.8. The number of amides is 1. The predicted molar refractivity (Wildman–Crippen MR) is 89.9 cm³/mol. The molecule has 0 aliphatic rings. The Morgan fingerprint density at radius 1 is 1.30 bits per heavy atom. The van der Waals surface area contributed by atoms with E-state index in [0.29, 0.717) is 11.0 Å². The zero-order valence-corrected chi connectivity index (χ0v) is 15.2. The fourth-order valence-corrected chi connectivity index (χ4v) is 3.41. The molecule has 1 aromatic carbocycles. The maximum absolute atomic E-state index is 12.3. The predicted octanol–water partition coefficient (Wildman–Crippen LogP) is 2.83. The average molecular weight is 363 g/mol. The van der Waals surface area contributed by atoms with Gasteiger partial charge in [-0.1, -0.05) is 42.3 Å². The summed E-state index contributed by atoms with van der Waals surface area (Å²) in [6, 6.07) is 4.15. The van der Waals surface area contributed by atoms with Crippen LogP contribution in [0.15, 0.2) is 23.1 Å². The van der Waals surface area contributed by atoms with E-state index in [0.717, 1.165) is 25.7 Å². The third kappa shape index (κ3) is 5.46. The van der Waals surface area contributed by atoms with Crippen LogP contribution in [0.3, 0.4) is 0 Å². The lowest BCUT2D eigenvalue weighted by molar-refractivity contribution is -0.0258. The maximum atomic E-state index is 12.3. The zero-order valence-electron chi connectivity index (χ0n) is 13.6. The van der Waals surface area contributed by atoms with Crippen molar-refractivity contribution >= 4 is 27.5 Å². The Morgan fingerprint density at radius 2 is 2.00 bits per heavy atom. The molecule has 0 spiro atoms. The fraction of sp³-hybridized carbons (Fsp3) is 0.533. The number of rotatable bonds is 9. The van der Waals surface area contributed by atoms with Crippen LogP contribution in [-0.4, -0.2) is 39.5 Å². The van der Waals surface area contributed by atoms with Gasteiger partial charge in [-0.3, -0.25) is 9.63 Å². The summed E-state index contributed by atoms with van der Waals surface area (Å²) < 4.78 is 25.2. The molecule has 0 unspecified atom stereocenters. The smallest absolute Gasteiger partial charge is 0.266 e. The molecule has 1 aromatic rings. The Labute approximate surface area is 142 Å². The Morgan fingerprint density at radius 3 is 2.61 bits per heavy atom. The second-order valence-corrected chi connectivity index (χ2v) is 7.37. The SMILES string of the molecule is CCCCCCNC(=O)c1ccc(Cl)c(S(=O)(=O)N(C)OC)c1. The van der Waals surface area contributed by atoms with Crippen molar-refractivity contribution in [2.75, 3.05) is 20.7 Å². The molecule has 1 N–H and O–H groups in total. The van der Waals surface area contributed by atoms with Crippen LogP contribution < -0.4 is 5.32 Å². The van der Waals surface area contributed by atoms with Crippen molar-refractivity contribution in [2.24, 2.45) is 0 Å². The van der Waals surface area contributed by atoms with E-state index in [1.807, 2.05) is 0 Å². The lowest BCUT2D eigenvalue weighted by atomic mass is 10.2. The summed E-state index contributed by atoms with van der Waals surface area (Å²) in [6.07, 6.45) is 4.20. The summed E-state index contributed by atoms with van der Waals surface area (Å²) in [5.41, 5.74) is 0.243. The normalized spacial score (nSPS) is 11.7. The van der Waals surface area contributed by atoms with E-state index in [4.69, 9.17) is 16.4 Å². The molecule has 0 atom stereocenters. The van der Waals surface area contributed by atoms with E-state index in [2.05, 4.69) is 12.2 Å². The second kappa shape index (κ2) is 9.22. The molecule has 130 valence electrons. The van der Waals surface area contributed by atoms with E-state index in [1.165, 1.54) is 32.4 Å².